The Hall–Kier alpha value is -5.65. The highest BCUT2D eigenvalue weighted by atomic mass is 35.5. The number of hydrogen-bond acceptors (Lipinski definition) is 8. The van der Waals surface area contributed by atoms with E-state index in [1.165, 1.54) is 42.3 Å². The fourth-order valence-corrected chi connectivity index (χ4v) is 9.71. The molecule has 6 atom stereocenters. The van der Waals surface area contributed by atoms with Gasteiger partial charge in [-0.3, -0.25) is 24.1 Å². The summed E-state index contributed by atoms with van der Waals surface area (Å²) in [6.07, 6.45) is 5.39. The summed E-state index contributed by atoms with van der Waals surface area (Å²) < 4.78 is 30.2. The van der Waals surface area contributed by atoms with E-state index in [1.807, 2.05) is 18.2 Å². The Kier molecular flexibility index (Phi) is 9.20. The lowest BCUT2D eigenvalue weighted by Crippen LogP contribution is -2.60. The Balaban J connectivity index is 1.17. The first-order chi connectivity index (χ1) is 26.9. The summed E-state index contributed by atoms with van der Waals surface area (Å²) >= 11 is 14.9. The van der Waals surface area contributed by atoms with Gasteiger partial charge in [0, 0.05) is 17.0 Å². The van der Waals surface area contributed by atoms with E-state index in [9.17, 15) is 28.7 Å². The van der Waals surface area contributed by atoms with Gasteiger partial charge in [0.1, 0.15) is 28.8 Å². The molecule has 8 rings (SSSR count). The zero-order valence-corrected chi connectivity index (χ0v) is 31.9. The second-order valence-corrected chi connectivity index (χ2v) is 15.5. The topological polar surface area (TPSA) is 123 Å². The molecule has 4 amide bonds. The van der Waals surface area contributed by atoms with Crippen molar-refractivity contribution in [3.8, 4) is 23.0 Å². The molecule has 2 aliphatic heterocycles. The van der Waals surface area contributed by atoms with Gasteiger partial charge in [0.05, 0.1) is 44.5 Å². The lowest BCUT2D eigenvalue weighted by Gasteiger charge is -2.50. The largest absolute Gasteiger partial charge is 0.508 e. The van der Waals surface area contributed by atoms with Gasteiger partial charge in [-0.2, -0.15) is 0 Å². The highest BCUT2D eigenvalue weighted by Crippen LogP contribution is 2.66. The number of fused-ring (bicyclic) bond motifs is 4. The first-order valence-electron chi connectivity index (χ1n) is 17.8. The zero-order valence-electron chi connectivity index (χ0n) is 30.4. The van der Waals surface area contributed by atoms with Gasteiger partial charge < -0.3 is 19.3 Å². The third-order valence-corrected chi connectivity index (χ3v) is 12.9. The average Bonchev–Trinajstić information content (AvgIpc) is 3.55. The summed E-state index contributed by atoms with van der Waals surface area (Å²) in [7, 11) is 4.60. The number of carbonyl (C=O) groups is 4. The standard InChI is InChI=1S/C43H35Cl2FN2O8/c1-54-28-15-19-35(56-3)24(20-28)7-4-23-5-10-26(11-6-23)47-38(50)31-17-16-30-33(36(31)39(47)51)22-42(44)40(52)48(27-12-8-25(46)9-13-27)41(53)43(42,45)37(30)32-21-29(55-2)14-18-34(32)49/h4-16,18-21,31,33,36-37,49H,17,22H2,1-3H3/t31-,33+,36-,37+,42+,43-/m0/s1. The van der Waals surface area contributed by atoms with Gasteiger partial charge in [0.15, 0.2) is 9.75 Å². The Morgan fingerprint density at radius 3 is 2.07 bits per heavy atom. The van der Waals surface area contributed by atoms with Crippen LogP contribution in [0.25, 0.3) is 12.2 Å². The number of imide groups is 2. The summed E-state index contributed by atoms with van der Waals surface area (Å²) in [6, 6.07) is 21.6. The van der Waals surface area contributed by atoms with Crippen LogP contribution in [0.2, 0.25) is 0 Å². The summed E-state index contributed by atoms with van der Waals surface area (Å²) in [5.41, 5.74) is 2.67. The Labute approximate surface area is 331 Å². The third-order valence-electron chi connectivity index (χ3n) is 11.5. The molecule has 2 heterocycles. The predicted molar refractivity (Wildman–Crippen MR) is 209 cm³/mol. The molecular formula is C43H35Cl2FN2O8. The van der Waals surface area contributed by atoms with Crippen LogP contribution in [0.4, 0.5) is 15.8 Å². The molecule has 0 bridgehead atoms. The van der Waals surface area contributed by atoms with Crippen LogP contribution in [-0.2, 0) is 19.2 Å². The molecule has 1 saturated carbocycles. The number of halogens is 3. The third kappa shape index (κ3) is 5.50. The molecule has 56 heavy (non-hydrogen) atoms. The van der Waals surface area contributed by atoms with Gasteiger partial charge in [-0.1, -0.05) is 35.9 Å². The Morgan fingerprint density at radius 2 is 1.39 bits per heavy atom. The number of ether oxygens (including phenoxy) is 3. The molecule has 286 valence electrons. The van der Waals surface area contributed by atoms with E-state index in [2.05, 4.69) is 0 Å². The lowest BCUT2D eigenvalue weighted by atomic mass is 9.56. The SMILES string of the molecule is COc1ccc(OC)c(C=Cc2ccc(N3C(=O)[C@H]4[C@H](CC=C5[C@H]4C[C@@]4(Cl)C(=O)N(c6ccc(F)cc6)C(=O)[C@@]4(Cl)[C@H]5c4cc(OC)ccc4O)C3=O)cc2)c1. The summed E-state index contributed by atoms with van der Waals surface area (Å²) in [5, 5.41) is 11.3. The number of allylic oxidation sites excluding steroid dienone is 2. The lowest BCUT2D eigenvalue weighted by molar-refractivity contribution is -0.125. The maximum absolute atomic E-state index is 14.6. The normalized spacial score (nSPS) is 26.9. The molecule has 1 N–H and O–H groups in total. The summed E-state index contributed by atoms with van der Waals surface area (Å²) in [4.78, 5) is 55.5. The highest BCUT2D eigenvalue weighted by Gasteiger charge is 2.77. The van der Waals surface area contributed by atoms with E-state index in [-0.39, 0.29) is 29.8 Å². The van der Waals surface area contributed by atoms with E-state index < -0.39 is 62.9 Å². The van der Waals surface area contributed by atoms with Crippen LogP contribution in [0.5, 0.6) is 23.0 Å². The van der Waals surface area contributed by atoms with E-state index in [4.69, 9.17) is 37.4 Å². The molecule has 0 radical (unpaired) electrons. The van der Waals surface area contributed by atoms with Crippen molar-refractivity contribution in [3.63, 3.8) is 0 Å². The number of benzene rings is 4. The van der Waals surface area contributed by atoms with Crippen molar-refractivity contribution >= 4 is 70.4 Å². The van der Waals surface area contributed by atoms with Gasteiger partial charge >= 0.3 is 0 Å². The first kappa shape index (κ1) is 37.3. The highest BCUT2D eigenvalue weighted by molar-refractivity contribution is 6.58. The fourth-order valence-electron chi connectivity index (χ4n) is 8.78. The number of nitrogens with zero attached hydrogens (tertiary/aromatic N) is 2. The first-order valence-corrected chi connectivity index (χ1v) is 18.6. The van der Waals surface area contributed by atoms with Crippen LogP contribution in [0.3, 0.4) is 0 Å². The van der Waals surface area contributed by atoms with Crippen LogP contribution < -0.4 is 24.0 Å². The Bertz CT molecular complexity index is 2370. The number of carbonyl (C=O) groups excluding carboxylic acids is 4. The van der Waals surface area contributed by atoms with Gasteiger partial charge in [-0.25, -0.2) is 9.29 Å². The van der Waals surface area contributed by atoms with Gasteiger partial charge in [-0.05, 0) is 97.1 Å². The van der Waals surface area contributed by atoms with Crippen LogP contribution in [0.15, 0.2) is 96.6 Å². The second-order valence-electron chi connectivity index (χ2n) is 14.2. The van der Waals surface area contributed by atoms with Crippen LogP contribution >= 0.6 is 23.2 Å². The maximum Gasteiger partial charge on any atom is 0.258 e. The molecule has 2 saturated heterocycles. The smallest absolute Gasteiger partial charge is 0.258 e. The quantitative estimate of drug-likeness (QED) is 0.0843. The van der Waals surface area contributed by atoms with Crippen molar-refractivity contribution in [2.45, 2.75) is 28.5 Å². The molecule has 4 aliphatic rings. The van der Waals surface area contributed by atoms with Crippen molar-refractivity contribution in [1.29, 1.82) is 0 Å². The van der Waals surface area contributed by atoms with Crippen molar-refractivity contribution < 1.29 is 42.9 Å². The zero-order chi connectivity index (χ0) is 39.7. The molecule has 0 unspecified atom stereocenters. The van der Waals surface area contributed by atoms with E-state index >= 15 is 0 Å². The van der Waals surface area contributed by atoms with Crippen LogP contribution in [0.1, 0.15) is 35.4 Å². The van der Waals surface area contributed by atoms with Crippen molar-refractivity contribution in [1.82, 2.24) is 0 Å². The van der Waals surface area contributed by atoms with Gasteiger partial charge in [-0.15, -0.1) is 23.2 Å². The molecule has 2 aliphatic carbocycles. The monoisotopic (exact) mass is 796 g/mol. The van der Waals surface area contributed by atoms with Gasteiger partial charge in [0.25, 0.3) is 11.8 Å². The summed E-state index contributed by atoms with van der Waals surface area (Å²) in [5.74, 6) is -5.60. The number of alkyl halides is 2. The Morgan fingerprint density at radius 1 is 0.750 bits per heavy atom. The minimum absolute atomic E-state index is 0.0542. The van der Waals surface area contributed by atoms with Crippen LogP contribution in [0, 0.1) is 23.6 Å². The van der Waals surface area contributed by atoms with E-state index in [0.717, 1.165) is 28.2 Å². The van der Waals surface area contributed by atoms with Crippen molar-refractivity contribution in [2.24, 2.45) is 17.8 Å². The van der Waals surface area contributed by atoms with Crippen molar-refractivity contribution in [3.05, 3.63) is 119 Å². The van der Waals surface area contributed by atoms with Gasteiger partial charge in [0.2, 0.25) is 11.8 Å². The maximum atomic E-state index is 14.6. The van der Waals surface area contributed by atoms with E-state index in [1.54, 1.807) is 56.7 Å². The molecule has 4 aromatic rings. The fraction of sp³-hybridized carbons (Fsp3) is 0.256. The molecule has 3 fully saturated rings. The number of amides is 4. The summed E-state index contributed by atoms with van der Waals surface area (Å²) in [6.45, 7) is 0. The number of anilines is 2. The molecular weight excluding hydrogens is 762 g/mol. The molecule has 4 aromatic carbocycles. The minimum Gasteiger partial charge on any atom is -0.508 e. The minimum atomic E-state index is -2.21. The number of hydrogen-bond donors (Lipinski definition) is 1. The average molecular weight is 798 g/mol. The molecule has 13 heteroatoms. The van der Waals surface area contributed by atoms with E-state index in [0.29, 0.717) is 28.5 Å². The molecule has 0 aromatic heterocycles. The second kappa shape index (κ2) is 13.8. The number of rotatable bonds is 8. The number of phenols is 1. The van der Waals surface area contributed by atoms with Crippen molar-refractivity contribution in [2.75, 3.05) is 31.1 Å². The predicted octanol–water partition coefficient (Wildman–Crippen LogP) is 7.50. The van der Waals surface area contributed by atoms with Crippen LogP contribution in [-0.4, -0.2) is 59.8 Å². The number of aromatic hydroxyl groups is 1. The number of phenolic OH excluding ortho intramolecular Hbond substituents is 1. The molecule has 0 spiro atoms. The number of methoxy groups -OCH3 is 3. The molecule has 10 nitrogen and oxygen atoms in total.